The Morgan fingerprint density at radius 2 is 1.74 bits per heavy atom. The Balaban J connectivity index is 3.81. The van der Waals surface area contributed by atoms with Crippen LogP contribution in [-0.4, -0.2) is 75.4 Å². The van der Waals surface area contributed by atoms with Crippen LogP contribution in [0.25, 0.3) is 10.4 Å². The van der Waals surface area contributed by atoms with Gasteiger partial charge in [-0.3, -0.25) is 4.79 Å². The standard InChI is InChI=1S/C20H39N5O6/c1-19(2,3)23-10-9-22-16(26)8-7-11-28-14-17(24-25-21)30-13-12-29-15-18(27)31-20(4,5)6/h17,23H,7-15H2,1-6H3,(H,22,26). The number of carbonyl (C=O) groups is 2. The van der Waals surface area contributed by atoms with Gasteiger partial charge in [-0.05, 0) is 53.5 Å². The fraction of sp³-hybridized carbons (Fsp3) is 0.900. The number of ether oxygens (including phenoxy) is 4. The highest BCUT2D eigenvalue weighted by atomic mass is 16.6. The summed E-state index contributed by atoms with van der Waals surface area (Å²) in [6, 6.07) is 0. The Morgan fingerprint density at radius 3 is 2.35 bits per heavy atom. The molecule has 0 aliphatic heterocycles. The van der Waals surface area contributed by atoms with Gasteiger partial charge in [0.25, 0.3) is 0 Å². The van der Waals surface area contributed by atoms with Gasteiger partial charge in [-0.1, -0.05) is 5.11 Å². The number of hydrogen-bond acceptors (Lipinski definition) is 8. The molecule has 11 nitrogen and oxygen atoms in total. The summed E-state index contributed by atoms with van der Waals surface area (Å²) in [6.07, 6.45) is 0.0779. The summed E-state index contributed by atoms with van der Waals surface area (Å²) in [4.78, 5) is 26.0. The van der Waals surface area contributed by atoms with Gasteiger partial charge >= 0.3 is 5.97 Å². The van der Waals surface area contributed by atoms with Crippen molar-refractivity contribution < 1.29 is 28.5 Å². The predicted molar refractivity (Wildman–Crippen MR) is 116 cm³/mol. The second-order valence-electron chi connectivity index (χ2n) is 8.87. The average Bonchev–Trinajstić information content (AvgIpc) is 2.62. The van der Waals surface area contributed by atoms with Crippen LogP contribution in [0.5, 0.6) is 0 Å². The molecule has 1 atom stereocenters. The van der Waals surface area contributed by atoms with E-state index < -0.39 is 17.8 Å². The van der Waals surface area contributed by atoms with E-state index in [9.17, 15) is 9.59 Å². The molecule has 0 saturated carbocycles. The molecular formula is C20H39N5O6. The van der Waals surface area contributed by atoms with Crippen LogP contribution in [0.4, 0.5) is 0 Å². The van der Waals surface area contributed by atoms with Gasteiger partial charge in [-0.2, -0.15) is 0 Å². The van der Waals surface area contributed by atoms with Crippen LogP contribution < -0.4 is 10.6 Å². The van der Waals surface area contributed by atoms with Gasteiger partial charge in [0.15, 0.2) is 6.23 Å². The van der Waals surface area contributed by atoms with Gasteiger partial charge in [-0.15, -0.1) is 0 Å². The number of nitrogens with zero attached hydrogens (tertiary/aromatic N) is 3. The first kappa shape index (κ1) is 29.1. The summed E-state index contributed by atoms with van der Waals surface area (Å²) in [5, 5.41) is 9.64. The number of rotatable bonds is 16. The Hall–Kier alpha value is -1.91. The Kier molecular flexibility index (Phi) is 14.9. The van der Waals surface area contributed by atoms with Crippen molar-refractivity contribution in [3.05, 3.63) is 10.4 Å². The number of esters is 1. The molecule has 1 amide bonds. The normalized spacial score (nSPS) is 12.7. The Bertz CT molecular complexity index is 567. The summed E-state index contributed by atoms with van der Waals surface area (Å²) in [5.41, 5.74) is 8.08. The Labute approximate surface area is 185 Å². The fourth-order valence-electron chi connectivity index (χ4n) is 2.19. The lowest BCUT2D eigenvalue weighted by molar-refractivity contribution is -0.161. The minimum atomic E-state index is -0.813. The third-order valence-electron chi connectivity index (χ3n) is 3.41. The number of nitrogens with one attached hydrogen (secondary N) is 2. The lowest BCUT2D eigenvalue weighted by atomic mass is 10.1. The van der Waals surface area contributed by atoms with Crippen molar-refractivity contribution in [3.63, 3.8) is 0 Å². The van der Waals surface area contributed by atoms with Crippen LogP contribution >= 0.6 is 0 Å². The topological polar surface area (TPSA) is 144 Å². The first-order valence-electron chi connectivity index (χ1n) is 10.5. The highest BCUT2D eigenvalue weighted by Gasteiger charge is 2.16. The zero-order chi connectivity index (χ0) is 23.8. The van der Waals surface area contributed by atoms with E-state index in [-0.39, 0.29) is 37.9 Å². The van der Waals surface area contributed by atoms with Gasteiger partial charge in [0.1, 0.15) is 12.2 Å². The molecule has 0 aliphatic carbocycles. The van der Waals surface area contributed by atoms with E-state index in [1.807, 2.05) is 0 Å². The molecule has 0 aromatic heterocycles. The molecule has 0 bridgehead atoms. The molecule has 0 saturated heterocycles. The first-order valence-corrected chi connectivity index (χ1v) is 10.5. The number of carbonyl (C=O) groups excluding carboxylic acids is 2. The van der Waals surface area contributed by atoms with Crippen LogP contribution in [0.3, 0.4) is 0 Å². The van der Waals surface area contributed by atoms with Gasteiger partial charge < -0.3 is 29.6 Å². The number of azide groups is 1. The van der Waals surface area contributed by atoms with Crippen molar-refractivity contribution in [1.29, 1.82) is 0 Å². The third-order valence-corrected chi connectivity index (χ3v) is 3.41. The van der Waals surface area contributed by atoms with Crippen LogP contribution in [0.15, 0.2) is 5.11 Å². The summed E-state index contributed by atoms with van der Waals surface area (Å²) in [6.45, 7) is 13.3. The smallest absolute Gasteiger partial charge is 0.332 e. The van der Waals surface area contributed by atoms with E-state index >= 15 is 0 Å². The van der Waals surface area contributed by atoms with Crippen molar-refractivity contribution in [2.75, 3.05) is 46.1 Å². The SMILES string of the molecule is CC(C)(C)NCCNC(=O)CCCOCC(N=[N+]=[N-])OCCOCC(=O)OC(C)(C)C. The maximum atomic E-state index is 11.8. The minimum Gasteiger partial charge on any atom is -0.458 e. The maximum Gasteiger partial charge on any atom is 0.332 e. The van der Waals surface area contributed by atoms with Crippen molar-refractivity contribution in [2.45, 2.75) is 71.8 Å². The Morgan fingerprint density at radius 1 is 1.03 bits per heavy atom. The molecule has 0 radical (unpaired) electrons. The molecular weight excluding hydrogens is 406 g/mol. The average molecular weight is 446 g/mol. The lowest BCUT2D eigenvalue weighted by Crippen LogP contribution is -2.41. The molecule has 0 aliphatic rings. The monoisotopic (exact) mass is 445 g/mol. The zero-order valence-corrected chi connectivity index (χ0v) is 19.7. The van der Waals surface area contributed by atoms with Gasteiger partial charge in [0, 0.05) is 36.6 Å². The molecule has 0 aromatic rings. The molecule has 0 rings (SSSR count). The van der Waals surface area contributed by atoms with Crippen LogP contribution in [0.2, 0.25) is 0 Å². The zero-order valence-electron chi connectivity index (χ0n) is 19.7. The number of amides is 1. The van der Waals surface area contributed by atoms with E-state index in [1.54, 1.807) is 20.8 Å². The van der Waals surface area contributed by atoms with Crippen LogP contribution in [-0.2, 0) is 28.5 Å². The summed E-state index contributed by atoms with van der Waals surface area (Å²) < 4.78 is 21.1. The highest BCUT2D eigenvalue weighted by molar-refractivity contribution is 5.75. The molecule has 31 heavy (non-hydrogen) atoms. The molecule has 0 fully saturated rings. The molecule has 0 aromatic carbocycles. The predicted octanol–water partition coefficient (Wildman–Crippen LogP) is 2.30. The van der Waals surface area contributed by atoms with E-state index in [1.165, 1.54) is 0 Å². The number of hydrogen-bond donors (Lipinski definition) is 2. The van der Waals surface area contributed by atoms with E-state index in [0.717, 1.165) is 0 Å². The summed E-state index contributed by atoms with van der Waals surface area (Å²) in [7, 11) is 0. The quantitative estimate of drug-likeness (QED) is 0.122. The second-order valence-corrected chi connectivity index (χ2v) is 8.87. The fourth-order valence-corrected chi connectivity index (χ4v) is 2.19. The summed E-state index contributed by atoms with van der Waals surface area (Å²) >= 11 is 0. The molecule has 180 valence electrons. The van der Waals surface area contributed by atoms with Crippen molar-refractivity contribution in [1.82, 2.24) is 10.6 Å². The van der Waals surface area contributed by atoms with Crippen LogP contribution in [0.1, 0.15) is 54.4 Å². The lowest BCUT2D eigenvalue weighted by Gasteiger charge is -2.20. The van der Waals surface area contributed by atoms with Crippen LogP contribution in [0, 0.1) is 0 Å². The molecule has 1 unspecified atom stereocenters. The first-order chi connectivity index (χ1) is 14.4. The summed E-state index contributed by atoms with van der Waals surface area (Å²) in [5.74, 6) is -0.499. The van der Waals surface area contributed by atoms with E-state index in [2.05, 4.69) is 41.4 Å². The maximum absolute atomic E-state index is 11.8. The van der Waals surface area contributed by atoms with Gasteiger partial charge in [-0.25, -0.2) is 4.79 Å². The minimum absolute atomic E-state index is 0.0211. The molecule has 2 N–H and O–H groups in total. The van der Waals surface area contributed by atoms with Gasteiger partial charge in [0.05, 0.1) is 19.8 Å². The van der Waals surface area contributed by atoms with Crippen molar-refractivity contribution in [2.24, 2.45) is 5.11 Å². The molecule has 11 heteroatoms. The second kappa shape index (κ2) is 15.8. The van der Waals surface area contributed by atoms with Crippen molar-refractivity contribution >= 4 is 11.9 Å². The third kappa shape index (κ3) is 21.1. The largest absolute Gasteiger partial charge is 0.458 e. The van der Waals surface area contributed by atoms with E-state index in [0.29, 0.717) is 32.5 Å². The highest BCUT2D eigenvalue weighted by Crippen LogP contribution is 2.06. The molecule has 0 spiro atoms. The molecule has 0 heterocycles. The van der Waals surface area contributed by atoms with E-state index in [4.69, 9.17) is 24.5 Å². The van der Waals surface area contributed by atoms with Crippen molar-refractivity contribution in [3.8, 4) is 0 Å². The van der Waals surface area contributed by atoms with Gasteiger partial charge in [0.2, 0.25) is 5.91 Å².